The molecule has 2 aromatic heterocycles. The van der Waals surface area contributed by atoms with Crippen LogP contribution in [0.4, 0.5) is 10.7 Å². The molecular formula is C29H32N4O5S2. The standard InChI is InChI=1S/C29H32N4O5S2/c1-3-37-26(36)23-16(2)22(24(35)30-20-7-5-4-6-8-20)25(40-23)31-21(34)15-39-28-33-32-27(38-28)29-12-17-9-18(13-29)11-19(10-17)14-29/h4-8,17-19H,3,9-15H2,1-2H3,(H,30,35)(H,31,34). The average molecular weight is 581 g/mol. The molecule has 0 unspecified atom stereocenters. The second-order valence-corrected chi connectivity index (χ2v) is 13.2. The lowest BCUT2D eigenvalue weighted by Crippen LogP contribution is -2.48. The van der Waals surface area contributed by atoms with E-state index in [2.05, 4.69) is 20.8 Å². The van der Waals surface area contributed by atoms with Crippen LogP contribution in [0.15, 0.2) is 40.0 Å². The van der Waals surface area contributed by atoms with E-state index < -0.39 is 11.9 Å². The van der Waals surface area contributed by atoms with Gasteiger partial charge in [0.25, 0.3) is 11.1 Å². The van der Waals surface area contributed by atoms with E-state index >= 15 is 0 Å². The topological polar surface area (TPSA) is 123 Å². The van der Waals surface area contributed by atoms with Gasteiger partial charge in [0, 0.05) is 11.1 Å². The van der Waals surface area contributed by atoms with E-state index in [4.69, 9.17) is 9.15 Å². The number of amides is 2. The summed E-state index contributed by atoms with van der Waals surface area (Å²) >= 11 is 2.21. The highest BCUT2D eigenvalue weighted by Crippen LogP contribution is 2.60. The van der Waals surface area contributed by atoms with Gasteiger partial charge in [0.2, 0.25) is 11.8 Å². The van der Waals surface area contributed by atoms with E-state index in [1.54, 1.807) is 26.0 Å². The first-order valence-electron chi connectivity index (χ1n) is 13.8. The van der Waals surface area contributed by atoms with Crippen LogP contribution >= 0.6 is 23.1 Å². The van der Waals surface area contributed by atoms with Crippen LogP contribution in [0, 0.1) is 24.7 Å². The molecule has 11 heteroatoms. The Balaban J connectivity index is 1.15. The van der Waals surface area contributed by atoms with Gasteiger partial charge in [0.15, 0.2) is 0 Å². The van der Waals surface area contributed by atoms with Crippen molar-refractivity contribution >= 4 is 51.6 Å². The predicted octanol–water partition coefficient (Wildman–Crippen LogP) is 6.07. The summed E-state index contributed by atoms with van der Waals surface area (Å²) in [5.41, 5.74) is 1.30. The molecule has 0 aliphatic heterocycles. The molecule has 0 radical (unpaired) electrons. The number of nitrogens with one attached hydrogen (secondary N) is 2. The van der Waals surface area contributed by atoms with E-state index in [0.717, 1.165) is 54.2 Å². The summed E-state index contributed by atoms with van der Waals surface area (Å²) in [5.74, 6) is 1.75. The summed E-state index contributed by atoms with van der Waals surface area (Å²) in [7, 11) is 0. The molecule has 2 N–H and O–H groups in total. The lowest BCUT2D eigenvalue weighted by atomic mass is 9.49. The Morgan fingerprint density at radius 1 is 1.05 bits per heavy atom. The minimum Gasteiger partial charge on any atom is -0.462 e. The van der Waals surface area contributed by atoms with Gasteiger partial charge < -0.3 is 19.8 Å². The number of nitrogens with zero attached hydrogens (tertiary/aromatic N) is 2. The fourth-order valence-corrected chi connectivity index (χ4v) is 8.80. The summed E-state index contributed by atoms with van der Waals surface area (Å²) in [4.78, 5) is 39.1. The Morgan fingerprint density at radius 3 is 2.38 bits per heavy atom. The first-order valence-corrected chi connectivity index (χ1v) is 15.6. The van der Waals surface area contributed by atoms with Crippen LogP contribution in [0.2, 0.25) is 0 Å². The lowest BCUT2D eigenvalue weighted by molar-refractivity contribution is -0.113. The molecule has 0 saturated heterocycles. The van der Waals surface area contributed by atoms with Crippen molar-refractivity contribution in [3.05, 3.63) is 52.2 Å². The Morgan fingerprint density at radius 2 is 1.73 bits per heavy atom. The number of anilines is 2. The number of para-hydroxylation sites is 1. The summed E-state index contributed by atoms with van der Waals surface area (Å²) in [6.07, 6.45) is 7.38. The second kappa shape index (κ2) is 11.0. The number of thiophene rings is 1. The molecule has 4 bridgehead atoms. The van der Waals surface area contributed by atoms with Gasteiger partial charge >= 0.3 is 5.97 Å². The molecule has 4 aliphatic carbocycles. The smallest absolute Gasteiger partial charge is 0.348 e. The highest BCUT2D eigenvalue weighted by Gasteiger charge is 2.54. The number of hydrogen-bond donors (Lipinski definition) is 2. The van der Waals surface area contributed by atoms with Gasteiger partial charge in [-0.2, -0.15) is 0 Å². The number of thioether (sulfide) groups is 1. The van der Waals surface area contributed by atoms with Crippen molar-refractivity contribution in [2.45, 2.75) is 63.0 Å². The van der Waals surface area contributed by atoms with E-state index in [-0.39, 0.29) is 34.1 Å². The number of ether oxygens (including phenoxy) is 1. The number of carbonyl (C=O) groups is 3. The molecule has 7 rings (SSSR count). The third-order valence-electron chi connectivity index (χ3n) is 8.34. The minimum absolute atomic E-state index is 0.00181. The van der Waals surface area contributed by atoms with Crippen LogP contribution in [0.1, 0.15) is 76.9 Å². The van der Waals surface area contributed by atoms with Crippen molar-refractivity contribution in [1.29, 1.82) is 0 Å². The fraction of sp³-hybridized carbons (Fsp3) is 0.483. The van der Waals surface area contributed by atoms with Crippen molar-refractivity contribution in [2.75, 3.05) is 23.0 Å². The van der Waals surface area contributed by atoms with E-state index in [0.29, 0.717) is 21.5 Å². The number of aromatic nitrogens is 2. The van der Waals surface area contributed by atoms with Gasteiger partial charge in [0.1, 0.15) is 9.88 Å². The molecule has 2 heterocycles. The molecule has 4 aliphatic rings. The van der Waals surface area contributed by atoms with Crippen molar-refractivity contribution in [1.82, 2.24) is 10.2 Å². The molecule has 4 saturated carbocycles. The van der Waals surface area contributed by atoms with E-state index in [1.165, 1.54) is 31.0 Å². The monoisotopic (exact) mass is 580 g/mol. The first-order chi connectivity index (χ1) is 19.3. The Bertz CT molecular complexity index is 1400. The molecule has 210 valence electrons. The maximum absolute atomic E-state index is 13.2. The van der Waals surface area contributed by atoms with Gasteiger partial charge in [-0.25, -0.2) is 4.79 Å². The Kier molecular flexibility index (Phi) is 7.43. The van der Waals surface area contributed by atoms with Crippen LogP contribution in [0.25, 0.3) is 0 Å². The van der Waals surface area contributed by atoms with E-state index in [1.807, 2.05) is 18.2 Å². The second-order valence-electron chi connectivity index (χ2n) is 11.2. The van der Waals surface area contributed by atoms with Gasteiger partial charge in [-0.3, -0.25) is 9.59 Å². The predicted molar refractivity (Wildman–Crippen MR) is 153 cm³/mol. The molecule has 1 aromatic carbocycles. The Hall–Kier alpha value is -3.18. The van der Waals surface area contributed by atoms with Crippen LogP contribution in [0.3, 0.4) is 0 Å². The highest BCUT2D eigenvalue weighted by molar-refractivity contribution is 7.99. The van der Waals surface area contributed by atoms with Crippen molar-refractivity contribution < 1.29 is 23.5 Å². The summed E-state index contributed by atoms with van der Waals surface area (Å²) in [5, 5.41) is 15.0. The number of esters is 1. The molecule has 9 nitrogen and oxygen atoms in total. The number of benzene rings is 1. The number of carbonyl (C=O) groups excluding carboxylic acids is 3. The minimum atomic E-state index is -0.531. The lowest BCUT2D eigenvalue weighted by Gasteiger charge is -2.55. The van der Waals surface area contributed by atoms with E-state index in [9.17, 15) is 14.4 Å². The molecule has 40 heavy (non-hydrogen) atoms. The van der Waals surface area contributed by atoms with Gasteiger partial charge in [0.05, 0.1) is 17.9 Å². The van der Waals surface area contributed by atoms with Crippen LogP contribution < -0.4 is 10.6 Å². The SMILES string of the molecule is CCOC(=O)c1sc(NC(=O)CSc2nnc(C34CC5CC(CC(C5)C3)C4)o2)c(C(=O)Nc2ccccc2)c1C. The summed E-state index contributed by atoms with van der Waals surface area (Å²) in [6, 6.07) is 9.01. The zero-order valence-corrected chi connectivity index (χ0v) is 24.2. The third-order valence-corrected chi connectivity index (χ3v) is 10.4. The number of hydrogen-bond acceptors (Lipinski definition) is 9. The molecule has 3 aromatic rings. The Labute approximate surface area is 240 Å². The van der Waals surface area contributed by atoms with Gasteiger partial charge in [-0.05, 0) is 87.8 Å². The van der Waals surface area contributed by atoms with Crippen LogP contribution in [0.5, 0.6) is 0 Å². The molecule has 2 amide bonds. The third kappa shape index (κ3) is 5.28. The first kappa shape index (κ1) is 27.0. The zero-order chi connectivity index (χ0) is 27.9. The van der Waals surface area contributed by atoms with Crippen LogP contribution in [-0.4, -0.2) is 40.3 Å². The summed E-state index contributed by atoms with van der Waals surface area (Å²) in [6.45, 7) is 3.60. The van der Waals surface area contributed by atoms with Crippen LogP contribution in [-0.2, 0) is 14.9 Å². The normalized spacial score (nSPS) is 24.6. The average Bonchev–Trinajstić information content (AvgIpc) is 3.52. The molecule has 4 fully saturated rings. The van der Waals surface area contributed by atoms with Crippen molar-refractivity contribution in [2.24, 2.45) is 17.8 Å². The van der Waals surface area contributed by atoms with Crippen molar-refractivity contribution in [3.8, 4) is 0 Å². The zero-order valence-electron chi connectivity index (χ0n) is 22.5. The van der Waals surface area contributed by atoms with Gasteiger partial charge in [-0.1, -0.05) is 30.0 Å². The maximum atomic E-state index is 13.2. The summed E-state index contributed by atoms with van der Waals surface area (Å²) < 4.78 is 11.3. The molecule has 0 atom stereocenters. The van der Waals surface area contributed by atoms with Gasteiger partial charge in [-0.15, -0.1) is 21.5 Å². The van der Waals surface area contributed by atoms with Crippen molar-refractivity contribution in [3.63, 3.8) is 0 Å². The quantitative estimate of drug-likeness (QED) is 0.231. The maximum Gasteiger partial charge on any atom is 0.348 e. The molecule has 0 spiro atoms. The largest absolute Gasteiger partial charge is 0.462 e. The fourth-order valence-electron chi connectivity index (χ4n) is 7.13. The highest BCUT2D eigenvalue weighted by atomic mass is 32.2. The molecular weight excluding hydrogens is 548 g/mol. The number of rotatable bonds is 9.